The highest BCUT2D eigenvalue weighted by atomic mass is 16.5. The molecule has 0 aliphatic carbocycles. The Morgan fingerprint density at radius 2 is 1.84 bits per heavy atom. The molecule has 0 bridgehead atoms. The standard InChI is InChI=1S/C21H25N7O3/c1-31-17-6-3-2-5-16(17)26-11-13-27(14-12-26)18-15-19(28-10-4-8-23-28)25-21(24-18)22-9-7-20(29)30/h2-6,8,10,15H,7,9,11-14H2,1H3,(H,29,30)(H,22,24,25). The second-order valence-corrected chi connectivity index (χ2v) is 7.08. The molecule has 4 rings (SSSR count). The summed E-state index contributed by atoms with van der Waals surface area (Å²) in [5.74, 6) is 1.78. The molecule has 1 fully saturated rings. The van der Waals surface area contributed by atoms with E-state index in [2.05, 4.69) is 36.2 Å². The van der Waals surface area contributed by atoms with Crippen molar-refractivity contribution in [3.63, 3.8) is 0 Å². The first-order chi connectivity index (χ1) is 15.1. The predicted molar refractivity (Wildman–Crippen MR) is 117 cm³/mol. The van der Waals surface area contributed by atoms with Crippen molar-refractivity contribution >= 4 is 23.4 Å². The topological polar surface area (TPSA) is 109 Å². The number of anilines is 3. The van der Waals surface area contributed by atoms with Crippen LogP contribution >= 0.6 is 0 Å². The fourth-order valence-corrected chi connectivity index (χ4v) is 3.53. The lowest BCUT2D eigenvalue weighted by molar-refractivity contribution is -0.136. The molecule has 0 atom stereocenters. The summed E-state index contributed by atoms with van der Waals surface area (Å²) in [6.45, 7) is 3.45. The SMILES string of the molecule is COc1ccccc1N1CCN(c2cc(-n3cccn3)nc(NCCC(=O)O)n2)CC1. The molecule has 0 unspecified atom stereocenters. The Labute approximate surface area is 180 Å². The van der Waals surface area contributed by atoms with E-state index in [-0.39, 0.29) is 13.0 Å². The molecule has 1 saturated heterocycles. The van der Waals surface area contributed by atoms with Crippen LogP contribution in [0, 0.1) is 0 Å². The average Bonchev–Trinajstić information content (AvgIpc) is 3.34. The minimum atomic E-state index is -0.872. The van der Waals surface area contributed by atoms with E-state index in [4.69, 9.17) is 9.84 Å². The van der Waals surface area contributed by atoms with Crippen LogP contribution in [0.2, 0.25) is 0 Å². The van der Waals surface area contributed by atoms with Gasteiger partial charge in [-0.2, -0.15) is 15.1 Å². The number of hydrogen-bond acceptors (Lipinski definition) is 8. The lowest BCUT2D eigenvalue weighted by atomic mass is 10.2. The number of para-hydroxylation sites is 2. The van der Waals surface area contributed by atoms with Gasteiger partial charge in [-0.25, -0.2) is 4.68 Å². The van der Waals surface area contributed by atoms with Crippen LogP contribution in [-0.4, -0.2) is 70.7 Å². The summed E-state index contributed by atoms with van der Waals surface area (Å²) in [5, 5.41) is 16.2. The maximum absolute atomic E-state index is 10.8. The van der Waals surface area contributed by atoms with Crippen molar-refractivity contribution in [2.75, 3.05) is 55.0 Å². The number of rotatable bonds is 8. The van der Waals surface area contributed by atoms with Crippen LogP contribution in [-0.2, 0) is 4.79 Å². The van der Waals surface area contributed by atoms with Crippen LogP contribution in [0.4, 0.5) is 17.5 Å². The highest BCUT2D eigenvalue weighted by Crippen LogP contribution is 2.29. The van der Waals surface area contributed by atoms with Gasteiger partial charge in [0.05, 0.1) is 19.2 Å². The first kappa shape index (κ1) is 20.5. The quantitative estimate of drug-likeness (QED) is 0.561. The predicted octanol–water partition coefficient (Wildman–Crippen LogP) is 1.88. The van der Waals surface area contributed by atoms with Gasteiger partial charge in [-0.05, 0) is 18.2 Å². The first-order valence-corrected chi connectivity index (χ1v) is 10.1. The van der Waals surface area contributed by atoms with Crippen LogP contribution in [0.5, 0.6) is 5.75 Å². The van der Waals surface area contributed by atoms with Gasteiger partial charge in [0.15, 0.2) is 5.82 Å². The molecule has 1 aliphatic heterocycles. The number of nitrogens with zero attached hydrogens (tertiary/aromatic N) is 6. The van der Waals surface area contributed by atoms with Gasteiger partial charge in [-0.15, -0.1) is 0 Å². The Morgan fingerprint density at radius 3 is 2.55 bits per heavy atom. The summed E-state index contributed by atoms with van der Waals surface area (Å²) in [7, 11) is 1.69. The number of aliphatic carboxylic acids is 1. The number of carboxylic acids is 1. The number of piperazine rings is 1. The monoisotopic (exact) mass is 423 g/mol. The lowest BCUT2D eigenvalue weighted by Gasteiger charge is -2.37. The maximum Gasteiger partial charge on any atom is 0.305 e. The molecule has 3 heterocycles. The number of nitrogens with one attached hydrogen (secondary N) is 1. The molecule has 162 valence electrons. The van der Waals surface area contributed by atoms with Gasteiger partial charge in [0.1, 0.15) is 11.6 Å². The average molecular weight is 423 g/mol. The summed E-state index contributed by atoms with van der Waals surface area (Å²) < 4.78 is 7.17. The summed E-state index contributed by atoms with van der Waals surface area (Å²) in [6.07, 6.45) is 3.49. The number of carbonyl (C=O) groups is 1. The van der Waals surface area contributed by atoms with Crippen LogP contribution in [0.15, 0.2) is 48.8 Å². The number of aromatic nitrogens is 4. The zero-order chi connectivity index (χ0) is 21.6. The van der Waals surface area contributed by atoms with Gasteiger partial charge in [-0.1, -0.05) is 12.1 Å². The molecule has 0 saturated carbocycles. The van der Waals surface area contributed by atoms with Crippen LogP contribution in [0.1, 0.15) is 6.42 Å². The highest BCUT2D eigenvalue weighted by molar-refractivity contribution is 5.67. The fraction of sp³-hybridized carbons (Fsp3) is 0.333. The van der Waals surface area contributed by atoms with E-state index in [0.717, 1.165) is 43.4 Å². The van der Waals surface area contributed by atoms with E-state index < -0.39 is 5.97 Å². The molecule has 1 aliphatic rings. The Hall–Kier alpha value is -3.82. The minimum absolute atomic E-state index is 0.0116. The number of hydrogen-bond donors (Lipinski definition) is 2. The number of ether oxygens (including phenoxy) is 1. The van der Waals surface area contributed by atoms with Crippen molar-refractivity contribution in [3.05, 3.63) is 48.8 Å². The zero-order valence-electron chi connectivity index (χ0n) is 17.3. The molecule has 0 spiro atoms. The second-order valence-electron chi connectivity index (χ2n) is 7.08. The highest BCUT2D eigenvalue weighted by Gasteiger charge is 2.22. The second kappa shape index (κ2) is 9.33. The Morgan fingerprint density at radius 1 is 1.10 bits per heavy atom. The summed E-state index contributed by atoms with van der Waals surface area (Å²) in [5.41, 5.74) is 1.08. The van der Waals surface area contributed by atoms with Crippen molar-refractivity contribution in [1.29, 1.82) is 0 Å². The van der Waals surface area contributed by atoms with Gasteiger partial charge in [0.25, 0.3) is 0 Å². The van der Waals surface area contributed by atoms with Gasteiger partial charge < -0.3 is 25.0 Å². The summed E-state index contributed by atoms with van der Waals surface area (Å²) >= 11 is 0. The van der Waals surface area contributed by atoms with Crippen molar-refractivity contribution in [2.45, 2.75) is 6.42 Å². The Bertz CT molecular complexity index is 1020. The Kier molecular flexibility index (Phi) is 6.16. The molecule has 10 heteroatoms. The Balaban J connectivity index is 1.52. The van der Waals surface area contributed by atoms with E-state index in [1.165, 1.54) is 0 Å². The van der Waals surface area contributed by atoms with Crippen LogP contribution in [0.25, 0.3) is 5.82 Å². The van der Waals surface area contributed by atoms with E-state index in [1.807, 2.05) is 36.5 Å². The number of carboxylic acid groups (broad SMARTS) is 1. The third-order valence-corrected chi connectivity index (χ3v) is 5.09. The largest absolute Gasteiger partial charge is 0.495 e. The third-order valence-electron chi connectivity index (χ3n) is 5.09. The minimum Gasteiger partial charge on any atom is -0.495 e. The molecule has 31 heavy (non-hydrogen) atoms. The number of methoxy groups -OCH3 is 1. The zero-order valence-corrected chi connectivity index (χ0v) is 17.3. The lowest BCUT2D eigenvalue weighted by Crippen LogP contribution is -2.47. The fourth-order valence-electron chi connectivity index (χ4n) is 3.53. The van der Waals surface area contributed by atoms with E-state index >= 15 is 0 Å². The van der Waals surface area contributed by atoms with Gasteiger partial charge in [-0.3, -0.25) is 4.79 Å². The molecular formula is C21H25N7O3. The van der Waals surface area contributed by atoms with Crippen molar-refractivity contribution < 1.29 is 14.6 Å². The molecule has 0 radical (unpaired) electrons. The molecule has 2 N–H and O–H groups in total. The van der Waals surface area contributed by atoms with Gasteiger partial charge >= 0.3 is 5.97 Å². The van der Waals surface area contributed by atoms with E-state index in [1.54, 1.807) is 18.0 Å². The molecular weight excluding hydrogens is 398 g/mol. The van der Waals surface area contributed by atoms with E-state index in [0.29, 0.717) is 11.8 Å². The van der Waals surface area contributed by atoms with Crippen molar-refractivity contribution in [3.8, 4) is 11.6 Å². The summed E-state index contributed by atoms with van der Waals surface area (Å²) in [4.78, 5) is 24.4. The maximum atomic E-state index is 10.8. The molecule has 3 aromatic rings. The van der Waals surface area contributed by atoms with E-state index in [9.17, 15) is 4.79 Å². The van der Waals surface area contributed by atoms with Gasteiger partial charge in [0.2, 0.25) is 5.95 Å². The number of benzene rings is 1. The third kappa shape index (κ3) is 4.85. The molecule has 2 aromatic heterocycles. The molecule has 10 nitrogen and oxygen atoms in total. The molecule has 0 amide bonds. The van der Waals surface area contributed by atoms with Crippen LogP contribution in [0.3, 0.4) is 0 Å². The normalized spacial score (nSPS) is 13.8. The van der Waals surface area contributed by atoms with Crippen molar-refractivity contribution in [1.82, 2.24) is 19.7 Å². The smallest absolute Gasteiger partial charge is 0.305 e. The first-order valence-electron chi connectivity index (χ1n) is 10.1. The summed E-state index contributed by atoms with van der Waals surface area (Å²) in [6, 6.07) is 11.7. The molecule has 1 aromatic carbocycles. The van der Waals surface area contributed by atoms with Gasteiger partial charge in [0, 0.05) is 51.2 Å². The van der Waals surface area contributed by atoms with Crippen LogP contribution < -0.4 is 19.9 Å². The van der Waals surface area contributed by atoms with Crippen molar-refractivity contribution in [2.24, 2.45) is 0 Å².